The van der Waals surface area contributed by atoms with Crippen molar-refractivity contribution in [2.45, 2.75) is 38.3 Å². The van der Waals surface area contributed by atoms with E-state index in [1.54, 1.807) is 11.8 Å². The van der Waals surface area contributed by atoms with Crippen molar-refractivity contribution < 1.29 is 24.2 Å². The van der Waals surface area contributed by atoms with Crippen LogP contribution in [0.1, 0.15) is 26.2 Å². The highest BCUT2D eigenvalue weighted by atomic mass is 16.5. The van der Waals surface area contributed by atoms with Crippen LogP contribution in [0.15, 0.2) is 0 Å². The first kappa shape index (κ1) is 17.2. The van der Waals surface area contributed by atoms with Crippen molar-refractivity contribution in [3.63, 3.8) is 0 Å². The molecule has 1 atom stereocenters. The molecule has 8 heteroatoms. The number of hydrogen-bond donors (Lipinski definition) is 3. The molecule has 120 valence electrons. The topological polar surface area (TPSA) is 108 Å². The molecule has 1 heterocycles. The number of piperidine rings is 1. The Morgan fingerprint density at radius 2 is 1.95 bits per heavy atom. The second kappa shape index (κ2) is 8.46. The highest BCUT2D eigenvalue weighted by Gasteiger charge is 2.25. The number of carbonyl (C=O) groups is 3. The molecule has 1 rings (SSSR count). The Kier molecular flexibility index (Phi) is 6.93. The second-order valence-electron chi connectivity index (χ2n) is 4.99. The standard InChI is InChI=1S/C13H23N3O5/c1-9(12(19)14-2)15-13(20)16-6-3-10(4-7-16)21-8-5-11(17)18/h9-10H,3-8H2,1-2H3,(H,14,19)(H,15,20)(H,17,18). The molecular weight excluding hydrogens is 278 g/mol. The zero-order valence-electron chi connectivity index (χ0n) is 12.4. The van der Waals surface area contributed by atoms with Gasteiger partial charge in [0, 0.05) is 20.1 Å². The summed E-state index contributed by atoms with van der Waals surface area (Å²) in [5.74, 6) is -1.12. The lowest BCUT2D eigenvalue weighted by atomic mass is 10.1. The van der Waals surface area contributed by atoms with Gasteiger partial charge in [-0.05, 0) is 19.8 Å². The molecule has 21 heavy (non-hydrogen) atoms. The number of rotatable bonds is 6. The third-order valence-corrected chi connectivity index (χ3v) is 3.38. The molecule has 0 aromatic carbocycles. The number of carboxylic acid groups (broad SMARTS) is 1. The second-order valence-corrected chi connectivity index (χ2v) is 4.99. The van der Waals surface area contributed by atoms with Crippen LogP contribution >= 0.6 is 0 Å². The minimum atomic E-state index is -0.880. The molecule has 0 bridgehead atoms. The van der Waals surface area contributed by atoms with Crippen LogP contribution in [0.5, 0.6) is 0 Å². The average Bonchev–Trinajstić information content (AvgIpc) is 2.46. The number of likely N-dealkylation sites (N-methyl/N-ethyl adjacent to an activating group) is 1. The predicted octanol–water partition coefficient (Wildman–Crippen LogP) is -0.214. The highest BCUT2D eigenvalue weighted by molar-refractivity contribution is 5.86. The van der Waals surface area contributed by atoms with E-state index in [4.69, 9.17) is 9.84 Å². The molecule has 0 aromatic rings. The van der Waals surface area contributed by atoms with Gasteiger partial charge in [-0.2, -0.15) is 0 Å². The van der Waals surface area contributed by atoms with Gasteiger partial charge < -0.3 is 25.4 Å². The van der Waals surface area contributed by atoms with Gasteiger partial charge in [0.05, 0.1) is 19.1 Å². The normalized spacial score (nSPS) is 17.1. The fourth-order valence-electron chi connectivity index (χ4n) is 2.10. The molecule has 3 amide bonds. The third-order valence-electron chi connectivity index (χ3n) is 3.38. The fourth-order valence-corrected chi connectivity index (χ4v) is 2.10. The lowest BCUT2D eigenvalue weighted by Gasteiger charge is -2.32. The van der Waals surface area contributed by atoms with Crippen LogP contribution < -0.4 is 10.6 Å². The van der Waals surface area contributed by atoms with Crippen molar-refractivity contribution >= 4 is 17.9 Å². The van der Waals surface area contributed by atoms with Crippen molar-refractivity contribution in [2.75, 3.05) is 26.7 Å². The van der Waals surface area contributed by atoms with E-state index in [0.717, 1.165) is 0 Å². The molecule has 0 saturated carbocycles. The number of hydrogen-bond acceptors (Lipinski definition) is 4. The van der Waals surface area contributed by atoms with E-state index in [1.165, 1.54) is 7.05 Å². The van der Waals surface area contributed by atoms with Crippen LogP contribution in [-0.4, -0.2) is 66.8 Å². The van der Waals surface area contributed by atoms with Crippen molar-refractivity contribution in [3.8, 4) is 0 Å². The van der Waals surface area contributed by atoms with Crippen LogP contribution in [0.4, 0.5) is 4.79 Å². The van der Waals surface area contributed by atoms with Gasteiger partial charge in [-0.1, -0.05) is 0 Å². The molecule has 1 aliphatic heterocycles. The zero-order chi connectivity index (χ0) is 15.8. The molecule has 0 spiro atoms. The summed E-state index contributed by atoms with van der Waals surface area (Å²) in [5.41, 5.74) is 0. The molecule has 8 nitrogen and oxygen atoms in total. The number of ether oxygens (including phenoxy) is 1. The molecule has 1 unspecified atom stereocenters. The summed E-state index contributed by atoms with van der Waals surface area (Å²) in [7, 11) is 1.52. The quantitative estimate of drug-likeness (QED) is 0.629. The van der Waals surface area contributed by atoms with Gasteiger partial charge in [0.2, 0.25) is 5.91 Å². The molecule has 1 aliphatic rings. The summed E-state index contributed by atoms with van der Waals surface area (Å²) in [6.07, 6.45) is 1.32. The summed E-state index contributed by atoms with van der Waals surface area (Å²) < 4.78 is 5.46. The van der Waals surface area contributed by atoms with E-state index in [0.29, 0.717) is 25.9 Å². The SMILES string of the molecule is CNC(=O)C(C)NC(=O)N1CCC(OCCC(=O)O)CC1. The van der Waals surface area contributed by atoms with Gasteiger partial charge >= 0.3 is 12.0 Å². The van der Waals surface area contributed by atoms with E-state index in [9.17, 15) is 14.4 Å². The number of nitrogens with one attached hydrogen (secondary N) is 2. The van der Waals surface area contributed by atoms with Crippen LogP contribution in [-0.2, 0) is 14.3 Å². The van der Waals surface area contributed by atoms with E-state index in [-0.39, 0.29) is 31.1 Å². The van der Waals surface area contributed by atoms with Crippen molar-refractivity contribution in [3.05, 3.63) is 0 Å². The molecule has 0 aromatic heterocycles. The monoisotopic (exact) mass is 301 g/mol. The number of amides is 3. The Morgan fingerprint density at radius 3 is 2.48 bits per heavy atom. The number of urea groups is 1. The van der Waals surface area contributed by atoms with Crippen LogP contribution in [0.25, 0.3) is 0 Å². The minimum absolute atomic E-state index is 0.00948. The summed E-state index contributed by atoms with van der Waals surface area (Å²) in [6, 6.07) is -0.845. The zero-order valence-corrected chi connectivity index (χ0v) is 12.4. The fraction of sp³-hybridized carbons (Fsp3) is 0.769. The lowest BCUT2D eigenvalue weighted by molar-refractivity contribution is -0.138. The van der Waals surface area contributed by atoms with Crippen molar-refractivity contribution in [1.82, 2.24) is 15.5 Å². The number of carbonyl (C=O) groups excluding carboxylic acids is 2. The average molecular weight is 301 g/mol. The molecule has 1 fully saturated rings. The van der Waals surface area contributed by atoms with Crippen LogP contribution in [0.3, 0.4) is 0 Å². The summed E-state index contributed by atoms with van der Waals surface area (Å²) >= 11 is 0. The summed E-state index contributed by atoms with van der Waals surface area (Å²) in [4.78, 5) is 35.3. The maximum atomic E-state index is 12.0. The molecule has 3 N–H and O–H groups in total. The van der Waals surface area contributed by atoms with Gasteiger partial charge in [-0.3, -0.25) is 9.59 Å². The van der Waals surface area contributed by atoms with Crippen molar-refractivity contribution in [1.29, 1.82) is 0 Å². The number of aliphatic carboxylic acids is 1. The van der Waals surface area contributed by atoms with E-state index in [2.05, 4.69) is 10.6 Å². The first-order chi connectivity index (χ1) is 9.93. The van der Waals surface area contributed by atoms with Crippen LogP contribution in [0, 0.1) is 0 Å². The maximum absolute atomic E-state index is 12.0. The van der Waals surface area contributed by atoms with E-state index >= 15 is 0 Å². The number of carboxylic acids is 1. The smallest absolute Gasteiger partial charge is 0.318 e. The molecule has 0 aliphatic carbocycles. The maximum Gasteiger partial charge on any atom is 0.318 e. The summed E-state index contributed by atoms with van der Waals surface area (Å²) in [6.45, 7) is 2.88. The third kappa shape index (κ3) is 5.99. The largest absolute Gasteiger partial charge is 0.481 e. The van der Waals surface area contributed by atoms with Gasteiger partial charge in [0.15, 0.2) is 0 Å². The molecular formula is C13H23N3O5. The van der Waals surface area contributed by atoms with Crippen LogP contribution in [0.2, 0.25) is 0 Å². The Labute approximate surface area is 123 Å². The first-order valence-electron chi connectivity index (χ1n) is 7.04. The Bertz CT molecular complexity index is 380. The van der Waals surface area contributed by atoms with Gasteiger partial charge in [-0.25, -0.2) is 4.79 Å². The first-order valence-corrected chi connectivity index (χ1v) is 7.04. The highest BCUT2D eigenvalue weighted by Crippen LogP contribution is 2.14. The lowest BCUT2D eigenvalue weighted by Crippen LogP contribution is -2.51. The Balaban J connectivity index is 2.27. The van der Waals surface area contributed by atoms with Gasteiger partial charge in [0.25, 0.3) is 0 Å². The minimum Gasteiger partial charge on any atom is -0.481 e. The van der Waals surface area contributed by atoms with Crippen molar-refractivity contribution in [2.24, 2.45) is 0 Å². The van der Waals surface area contributed by atoms with E-state index in [1.807, 2.05) is 0 Å². The molecule has 0 radical (unpaired) electrons. The Morgan fingerprint density at radius 1 is 1.33 bits per heavy atom. The Hall–Kier alpha value is -1.83. The predicted molar refractivity (Wildman–Crippen MR) is 74.9 cm³/mol. The van der Waals surface area contributed by atoms with Gasteiger partial charge in [-0.15, -0.1) is 0 Å². The number of nitrogens with zero attached hydrogens (tertiary/aromatic N) is 1. The number of likely N-dealkylation sites (tertiary alicyclic amines) is 1. The molecule has 1 saturated heterocycles. The van der Waals surface area contributed by atoms with Gasteiger partial charge in [0.1, 0.15) is 6.04 Å². The summed E-state index contributed by atoms with van der Waals surface area (Å²) in [5, 5.41) is 13.6. The van der Waals surface area contributed by atoms with E-state index < -0.39 is 12.0 Å².